The first-order valence-electron chi connectivity index (χ1n) is 16.2. The predicted molar refractivity (Wildman–Crippen MR) is 186 cm³/mol. The fourth-order valence-electron chi connectivity index (χ4n) is 7.01. The number of nitrogens with two attached hydrogens (primary N) is 1. The van der Waals surface area contributed by atoms with Gasteiger partial charge in [0, 0.05) is 59.3 Å². The van der Waals surface area contributed by atoms with Gasteiger partial charge in [-0.3, -0.25) is 14.5 Å². The highest BCUT2D eigenvalue weighted by Gasteiger charge is 2.30. The van der Waals surface area contributed by atoms with Crippen molar-refractivity contribution in [3.8, 4) is 6.07 Å². The van der Waals surface area contributed by atoms with Crippen LogP contribution < -0.4 is 15.8 Å². The Labute approximate surface area is 281 Å². The molecular weight excluding hydrogens is 644 g/mol. The van der Waals surface area contributed by atoms with Crippen molar-refractivity contribution in [3.05, 3.63) is 46.0 Å². The zero-order valence-corrected chi connectivity index (χ0v) is 28.7. The third-order valence-corrected chi connectivity index (χ3v) is 11.6. The fourth-order valence-corrected chi connectivity index (χ4v) is 8.86. The molecule has 14 heteroatoms. The number of thiophene rings is 1. The minimum Gasteiger partial charge on any atom is -0.368 e. The maximum Gasteiger partial charge on any atom is 0.393 e. The average Bonchev–Trinajstić information content (AvgIpc) is 3.59. The molecule has 0 radical (unpaired) electrons. The number of nitrogens with zero attached hydrogens (tertiary/aromatic N) is 6. The van der Waals surface area contributed by atoms with E-state index in [2.05, 4.69) is 66.4 Å². The summed E-state index contributed by atoms with van der Waals surface area (Å²) in [5.74, 6) is 0.553. The molecule has 6 rings (SSSR count). The van der Waals surface area contributed by atoms with Crippen molar-refractivity contribution in [2.75, 3.05) is 44.3 Å². The Morgan fingerprint density at radius 1 is 1.11 bits per heavy atom. The Bertz CT molecular complexity index is 1750. The SMILES string of the molecule is CNSC1CCN([C@@H](C)Cn2c(C#N)cc3c(C)c(CN4CCC(Nc5nc(N)nc6sc(CC(F)(F)F)cc56)CC4)ccc32)CC1. The van der Waals surface area contributed by atoms with Crippen LogP contribution in [0.1, 0.15) is 54.3 Å². The van der Waals surface area contributed by atoms with Crippen molar-refractivity contribution in [2.24, 2.45) is 0 Å². The van der Waals surface area contributed by atoms with Crippen molar-refractivity contribution in [1.29, 1.82) is 5.26 Å². The van der Waals surface area contributed by atoms with E-state index in [1.165, 1.54) is 30.0 Å². The van der Waals surface area contributed by atoms with Crippen LogP contribution in [-0.2, 0) is 19.5 Å². The van der Waals surface area contributed by atoms with Crippen molar-refractivity contribution in [3.63, 3.8) is 0 Å². The van der Waals surface area contributed by atoms with E-state index in [0.717, 1.165) is 74.3 Å². The predicted octanol–water partition coefficient (Wildman–Crippen LogP) is 6.31. The highest BCUT2D eigenvalue weighted by atomic mass is 32.2. The Kier molecular flexibility index (Phi) is 10.2. The topological polar surface area (TPSA) is 111 Å². The van der Waals surface area contributed by atoms with E-state index in [4.69, 9.17) is 5.73 Å². The molecule has 9 nitrogen and oxygen atoms in total. The number of alkyl halides is 3. The van der Waals surface area contributed by atoms with Crippen LogP contribution in [0, 0.1) is 18.3 Å². The van der Waals surface area contributed by atoms with E-state index in [9.17, 15) is 18.4 Å². The Balaban J connectivity index is 1.09. The van der Waals surface area contributed by atoms with E-state index in [1.54, 1.807) is 0 Å². The Morgan fingerprint density at radius 2 is 1.85 bits per heavy atom. The lowest BCUT2D eigenvalue weighted by molar-refractivity contribution is -0.126. The lowest BCUT2D eigenvalue weighted by Gasteiger charge is -2.36. The zero-order chi connectivity index (χ0) is 33.3. The Hall–Kier alpha value is -3.09. The molecule has 2 fully saturated rings. The number of nitriles is 1. The molecule has 4 N–H and O–H groups in total. The summed E-state index contributed by atoms with van der Waals surface area (Å²) in [4.78, 5) is 14.2. The Morgan fingerprint density at radius 3 is 2.53 bits per heavy atom. The zero-order valence-electron chi connectivity index (χ0n) is 27.0. The number of nitrogen functional groups attached to an aromatic ring is 1. The van der Waals surface area contributed by atoms with Gasteiger partial charge in [-0.05, 0) is 89.0 Å². The number of halogens is 3. The molecule has 3 aromatic heterocycles. The normalized spacial score (nSPS) is 18.2. The summed E-state index contributed by atoms with van der Waals surface area (Å²) in [6, 6.07) is 10.9. The molecule has 0 unspecified atom stereocenters. The molecule has 2 aliphatic rings. The largest absolute Gasteiger partial charge is 0.393 e. The van der Waals surface area contributed by atoms with Gasteiger partial charge in [-0.15, -0.1) is 11.3 Å². The number of likely N-dealkylation sites (tertiary alicyclic amines) is 2. The number of nitrogens with one attached hydrogen (secondary N) is 2. The minimum atomic E-state index is -4.28. The molecule has 0 aliphatic carbocycles. The smallest absolute Gasteiger partial charge is 0.368 e. The molecule has 5 heterocycles. The molecule has 2 saturated heterocycles. The molecule has 0 bridgehead atoms. The summed E-state index contributed by atoms with van der Waals surface area (Å²) in [5.41, 5.74) is 10.2. The minimum absolute atomic E-state index is 0.0514. The van der Waals surface area contributed by atoms with Gasteiger partial charge >= 0.3 is 6.18 Å². The van der Waals surface area contributed by atoms with Crippen LogP contribution in [0.15, 0.2) is 24.3 Å². The summed E-state index contributed by atoms with van der Waals surface area (Å²) < 4.78 is 44.4. The van der Waals surface area contributed by atoms with Crippen LogP contribution >= 0.6 is 23.3 Å². The number of fused-ring (bicyclic) bond motifs is 2. The van der Waals surface area contributed by atoms with Gasteiger partial charge in [-0.1, -0.05) is 18.0 Å². The summed E-state index contributed by atoms with van der Waals surface area (Å²) in [6.07, 6.45) is -1.21. The number of aryl methyl sites for hydroxylation is 1. The van der Waals surface area contributed by atoms with Gasteiger partial charge in [0.1, 0.15) is 22.4 Å². The number of hydrogen-bond donors (Lipinski definition) is 3. The van der Waals surface area contributed by atoms with E-state index >= 15 is 0 Å². The van der Waals surface area contributed by atoms with Crippen LogP contribution in [0.2, 0.25) is 0 Å². The second kappa shape index (κ2) is 14.2. The summed E-state index contributed by atoms with van der Waals surface area (Å²) >= 11 is 2.84. The van der Waals surface area contributed by atoms with Crippen LogP contribution in [0.3, 0.4) is 0 Å². The highest BCUT2D eigenvalue weighted by Crippen LogP contribution is 2.34. The second-order valence-electron chi connectivity index (χ2n) is 12.8. The van der Waals surface area contributed by atoms with Gasteiger partial charge in [0.25, 0.3) is 0 Å². The van der Waals surface area contributed by atoms with Crippen molar-refractivity contribution < 1.29 is 13.2 Å². The van der Waals surface area contributed by atoms with Crippen LogP contribution in [0.4, 0.5) is 24.9 Å². The molecule has 0 spiro atoms. The summed E-state index contributed by atoms with van der Waals surface area (Å²) in [5, 5.41) is 15.9. The molecule has 0 amide bonds. The van der Waals surface area contributed by atoms with Crippen LogP contribution in [0.25, 0.3) is 21.1 Å². The number of hydrogen-bond acceptors (Lipinski definition) is 10. The molecular formula is C33H42F3N9S2. The first-order chi connectivity index (χ1) is 22.5. The second-order valence-corrected chi connectivity index (χ2v) is 15.2. The lowest BCUT2D eigenvalue weighted by atomic mass is 10.0. The standard InChI is InChI=1S/C33H42F3N9S2/c1-20(44-12-8-25(9-13-44)47-39-3)18-45-24(17-37)14-27-21(2)22(4-5-29(27)45)19-43-10-6-23(7-11-43)40-30-28-15-26(16-33(34,35)36)46-31(28)42-32(38)41-30/h4-5,14-15,20,23,25,39H,6-13,16,18-19H2,1-3H3,(H3,38,40,41,42)/t20-/m0/s1. The monoisotopic (exact) mass is 685 g/mol. The highest BCUT2D eigenvalue weighted by molar-refractivity contribution is 7.98. The number of piperidine rings is 2. The van der Waals surface area contributed by atoms with Crippen LogP contribution in [-0.4, -0.2) is 81.1 Å². The molecule has 47 heavy (non-hydrogen) atoms. The maximum atomic E-state index is 13.0. The van der Waals surface area contributed by atoms with Crippen molar-refractivity contribution in [1.82, 2.24) is 29.1 Å². The first-order valence-corrected chi connectivity index (χ1v) is 17.9. The average molecular weight is 686 g/mol. The van der Waals surface area contributed by atoms with Gasteiger partial charge in [-0.2, -0.15) is 23.4 Å². The lowest BCUT2D eigenvalue weighted by Crippen LogP contribution is -2.43. The van der Waals surface area contributed by atoms with E-state index in [0.29, 0.717) is 33.0 Å². The fraction of sp³-hybridized carbons (Fsp3) is 0.545. The van der Waals surface area contributed by atoms with E-state index in [-0.39, 0.29) is 16.9 Å². The van der Waals surface area contributed by atoms with Gasteiger partial charge < -0.3 is 15.6 Å². The van der Waals surface area contributed by atoms with Gasteiger partial charge in [0.2, 0.25) is 5.95 Å². The summed E-state index contributed by atoms with van der Waals surface area (Å²) in [7, 11) is 1.99. The molecule has 2 aliphatic heterocycles. The maximum absolute atomic E-state index is 13.0. The first kappa shape index (κ1) is 33.8. The third kappa shape index (κ3) is 7.81. The van der Waals surface area contributed by atoms with Crippen molar-refractivity contribution >= 4 is 56.2 Å². The number of rotatable bonds is 10. The molecule has 4 aromatic rings. The van der Waals surface area contributed by atoms with Gasteiger partial charge in [0.05, 0.1) is 11.8 Å². The van der Waals surface area contributed by atoms with Crippen molar-refractivity contribution in [2.45, 2.75) is 82.6 Å². The van der Waals surface area contributed by atoms with Gasteiger partial charge in [-0.25, -0.2) is 4.98 Å². The number of aromatic nitrogens is 3. The molecule has 252 valence electrons. The summed E-state index contributed by atoms with van der Waals surface area (Å²) in [6.45, 7) is 9.91. The van der Waals surface area contributed by atoms with E-state index < -0.39 is 12.6 Å². The third-order valence-electron chi connectivity index (χ3n) is 9.57. The van der Waals surface area contributed by atoms with E-state index in [1.807, 2.05) is 25.1 Å². The molecule has 1 aromatic carbocycles. The molecule has 1 atom stereocenters. The number of anilines is 2. The van der Waals surface area contributed by atoms with Gasteiger partial charge in [0.15, 0.2) is 0 Å². The van der Waals surface area contributed by atoms with Crippen LogP contribution in [0.5, 0.6) is 0 Å². The quantitative estimate of drug-likeness (QED) is 0.166. The number of benzene rings is 1. The molecule has 0 saturated carbocycles.